The first kappa shape index (κ1) is 60.0. The molecule has 0 aromatic rings. The van der Waals surface area contributed by atoms with E-state index in [0.29, 0.717) is 69.8 Å². The first-order valence-electron chi connectivity index (χ1n) is 26.2. The Bertz CT molecular complexity index is 1860. The fourth-order valence-electron chi connectivity index (χ4n) is 11.1. The molecule has 0 aromatic heterocycles. The van der Waals surface area contributed by atoms with Gasteiger partial charge in [-0.05, 0) is 120 Å². The summed E-state index contributed by atoms with van der Waals surface area (Å²) in [5.74, 6) is -7.85. The highest BCUT2D eigenvalue weighted by atomic mass is 16.7. The largest absolute Gasteiger partial charge is 0.460 e. The van der Waals surface area contributed by atoms with Gasteiger partial charge in [0.15, 0.2) is 5.78 Å². The lowest BCUT2D eigenvalue weighted by Gasteiger charge is -2.42. The quantitative estimate of drug-likeness (QED) is 0.106. The number of allylic oxidation sites excluding steroid dienone is 2. The number of nitrogens with zero attached hydrogens (tertiary/aromatic N) is 2. The summed E-state index contributed by atoms with van der Waals surface area (Å²) in [6.07, 6.45) is 6.57. The number of ether oxygens (including phenoxy) is 6. The summed E-state index contributed by atoms with van der Waals surface area (Å²) in [5, 5.41) is 24.5. The number of hydrogen-bond acceptors (Lipinski definition) is 15. The number of ketones is 3. The topological polar surface area (TPSA) is 214 Å². The van der Waals surface area contributed by atoms with E-state index < -0.39 is 90.0 Å². The van der Waals surface area contributed by atoms with E-state index in [2.05, 4.69) is 13.0 Å². The van der Waals surface area contributed by atoms with Gasteiger partial charge in [0.2, 0.25) is 5.79 Å². The van der Waals surface area contributed by atoms with Crippen molar-refractivity contribution in [1.82, 2.24) is 9.96 Å². The zero-order chi connectivity index (χ0) is 52.7. The van der Waals surface area contributed by atoms with Crippen LogP contribution in [0.2, 0.25) is 0 Å². The summed E-state index contributed by atoms with van der Waals surface area (Å²) in [6, 6.07) is -1.16. The van der Waals surface area contributed by atoms with Crippen molar-refractivity contribution in [2.75, 3.05) is 42.0 Å². The highest BCUT2D eigenvalue weighted by molar-refractivity contribution is 6.39. The van der Waals surface area contributed by atoms with E-state index in [-0.39, 0.29) is 54.8 Å². The number of carbonyl (C=O) groups excluding carboxylic acids is 6. The van der Waals surface area contributed by atoms with Gasteiger partial charge in [0.05, 0.1) is 25.4 Å². The van der Waals surface area contributed by atoms with Crippen molar-refractivity contribution in [3.05, 3.63) is 23.3 Å². The molecule has 15 atom stereocenters. The molecular formula is C54H88N2O15. The minimum absolute atomic E-state index is 0.0313. The van der Waals surface area contributed by atoms with Gasteiger partial charge in [-0.25, -0.2) is 9.59 Å². The smallest absolute Gasteiger partial charge is 0.434 e. The van der Waals surface area contributed by atoms with Crippen LogP contribution in [0.15, 0.2) is 23.3 Å². The highest BCUT2D eigenvalue weighted by Gasteiger charge is 2.53. The van der Waals surface area contributed by atoms with E-state index in [1.807, 2.05) is 20.8 Å². The second-order valence-electron chi connectivity index (χ2n) is 21.3. The molecule has 17 nitrogen and oxygen atoms in total. The Morgan fingerprint density at radius 2 is 1.56 bits per heavy atom. The third-order valence-corrected chi connectivity index (χ3v) is 15.9. The molecule has 2 amide bonds. The number of esters is 1. The van der Waals surface area contributed by atoms with Crippen molar-refractivity contribution in [1.29, 1.82) is 0 Å². The summed E-state index contributed by atoms with van der Waals surface area (Å²) in [7, 11) is 7.37. The van der Waals surface area contributed by atoms with E-state index in [1.165, 1.54) is 26.2 Å². The first-order chi connectivity index (χ1) is 33.6. The molecule has 71 heavy (non-hydrogen) atoms. The number of fused-ring (bicyclic) bond motifs is 3. The van der Waals surface area contributed by atoms with Gasteiger partial charge >= 0.3 is 12.1 Å². The molecule has 1 saturated carbocycles. The van der Waals surface area contributed by atoms with Gasteiger partial charge in [-0.1, -0.05) is 59.6 Å². The van der Waals surface area contributed by atoms with Crippen LogP contribution in [0.3, 0.4) is 0 Å². The molecule has 2 saturated heterocycles. The SMILES string of the molecule is CO[C@H]1C[C@@H]2CC[C@@H](C)[C@@](O)(O2)C(=O)C(=O)N2CCCC[C@H]2C(=O)O[C@H]([C@H](C)C[C@@H]2CC[C@@H](OC(=O)N(C)OC)[C@H](OC)C2)CC(=O)[C@H](C)/C=C(\C)[C@@H](O)[C@@H](OC)C(=O)[C@H](C)C[C@H](C)CCCCC=C1C. The number of piperidine rings is 1. The zero-order valence-corrected chi connectivity index (χ0v) is 44.9. The third-order valence-electron chi connectivity index (χ3n) is 15.9. The minimum atomic E-state index is -2.43. The molecule has 3 heterocycles. The number of aliphatic hydroxyl groups is 2. The van der Waals surface area contributed by atoms with E-state index in [0.717, 1.165) is 36.3 Å². The average molecular weight is 1010 g/mol. The van der Waals surface area contributed by atoms with E-state index in [9.17, 15) is 39.0 Å². The van der Waals surface area contributed by atoms with Gasteiger partial charge in [0.1, 0.15) is 36.2 Å². The lowest BCUT2D eigenvalue weighted by molar-refractivity contribution is -0.265. The van der Waals surface area contributed by atoms with Crippen LogP contribution in [-0.2, 0) is 57.2 Å². The number of hydroxylamine groups is 2. The van der Waals surface area contributed by atoms with Crippen molar-refractivity contribution in [3.8, 4) is 0 Å². The highest BCUT2D eigenvalue weighted by Crippen LogP contribution is 2.38. The molecule has 17 heteroatoms. The van der Waals surface area contributed by atoms with Crippen molar-refractivity contribution in [2.45, 2.75) is 206 Å². The zero-order valence-electron chi connectivity index (χ0n) is 44.9. The number of aliphatic hydroxyl groups excluding tert-OH is 1. The Morgan fingerprint density at radius 1 is 0.859 bits per heavy atom. The van der Waals surface area contributed by atoms with Crippen molar-refractivity contribution < 1.29 is 72.2 Å². The van der Waals surface area contributed by atoms with E-state index in [4.69, 9.17) is 33.3 Å². The normalized spacial score (nSPS) is 36.7. The third kappa shape index (κ3) is 16.2. The monoisotopic (exact) mass is 1000 g/mol. The second kappa shape index (κ2) is 28.2. The average Bonchev–Trinajstić information content (AvgIpc) is 3.35. The number of cyclic esters (lactones) is 1. The molecule has 0 aromatic carbocycles. The lowest BCUT2D eigenvalue weighted by Crippen LogP contribution is -2.61. The number of carbonyl (C=O) groups is 6. The molecule has 0 unspecified atom stereocenters. The van der Waals surface area contributed by atoms with Crippen LogP contribution in [0.4, 0.5) is 4.79 Å². The van der Waals surface area contributed by atoms with Gasteiger partial charge in [0.25, 0.3) is 11.7 Å². The van der Waals surface area contributed by atoms with Crippen LogP contribution in [0.25, 0.3) is 0 Å². The van der Waals surface area contributed by atoms with Gasteiger partial charge < -0.3 is 43.5 Å². The van der Waals surface area contributed by atoms with Crippen molar-refractivity contribution in [3.63, 3.8) is 0 Å². The molecular weight excluding hydrogens is 917 g/mol. The van der Waals surface area contributed by atoms with Crippen LogP contribution in [0.1, 0.15) is 151 Å². The molecule has 0 radical (unpaired) electrons. The van der Waals surface area contributed by atoms with E-state index in [1.54, 1.807) is 41.1 Å². The minimum Gasteiger partial charge on any atom is -0.460 e. The summed E-state index contributed by atoms with van der Waals surface area (Å²) in [6.45, 7) is 13.0. The molecule has 4 aliphatic rings. The second-order valence-corrected chi connectivity index (χ2v) is 21.3. The van der Waals surface area contributed by atoms with Crippen LogP contribution < -0.4 is 0 Å². The van der Waals surface area contributed by atoms with Gasteiger partial charge in [-0.15, -0.1) is 0 Å². The Balaban J connectivity index is 1.67. The van der Waals surface area contributed by atoms with Gasteiger partial charge in [-0.2, -0.15) is 5.06 Å². The Morgan fingerprint density at radius 3 is 2.23 bits per heavy atom. The molecule has 3 fully saturated rings. The molecule has 4 rings (SSSR count). The summed E-state index contributed by atoms with van der Waals surface area (Å²) >= 11 is 0. The Hall–Kier alpha value is -3.58. The maximum absolute atomic E-state index is 14.5. The molecule has 404 valence electrons. The van der Waals surface area contributed by atoms with Gasteiger partial charge in [0, 0.05) is 65.5 Å². The number of methoxy groups -OCH3 is 3. The predicted molar refractivity (Wildman–Crippen MR) is 264 cm³/mol. The van der Waals surface area contributed by atoms with E-state index >= 15 is 0 Å². The Kier molecular flexibility index (Phi) is 23.8. The summed E-state index contributed by atoms with van der Waals surface area (Å²) in [4.78, 5) is 90.0. The molecule has 3 aliphatic heterocycles. The first-order valence-corrected chi connectivity index (χ1v) is 26.2. The molecule has 2 bridgehead atoms. The van der Waals surface area contributed by atoms with Crippen molar-refractivity contribution >= 4 is 35.3 Å². The summed E-state index contributed by atoms with van der Waals surface area (Å²) in [5.41, 5.74) is 1.38. The molecule has 1 aliphatic carbocycles. The molecule has 2 N–H and O–H groups in total. The van der Waals surface area contributed by atoms with Crippen molar-refractivity contribution in [2.24, 2.45) is 35.5 Å². The number of amides is 2. The molecule has 0 spiro atoms. The van der Waals surface area contributed by atoms with Crippen LogP contribution in [0.5, 0.6) is 0 Å². The summed E-state index contributed by atoms with van der Waals surface area (Å²) < 4.78 is 35.5. The standard InChI is InChI=1S/C54H88N2O15/c1-32-18-14-13-15-19-33(2)44(65-9)30-40-23-21-38(7)54(64,71-40)50(60)51(61)56-25-17-16-20-41(56)52(62)69-45(31-42(57)34(3)27-37(6)48(59)49(67-11)47(58)36(5)26-32)35(4)28-39-22-24-43(46(29-39)66-10)70-53(63)55(8)68-12/h19,27,32,34-36,38-41,43-46,48-49,59,64H,13-18,20-26,28-31H2,1-12H3/b33-19?,37-27+/t32-,34-,35-,36-,38-,39+,40+,41+,43-,44+,45+,46-,48-,49+,54-/m1/s1. The number of Topliss-reactive ketones (excluding diaryl/α,β-unsaturated/α-hetero) is 3. The van der Waals surface area contributed by atoms with Crippen LogP contribution in [-0.4, -0.2) is 152 Å². The number of rotatable bonds is 8. The van der Waals surface area contributed by atoms with Crippen LogP contribution in [0, 0.1) is 35.5 Å². The lowest BCUT2D eigenvalue weighted by atomic mass is 9.78. The van der Waals surface area contributed by atoms with Gasteiger partial charge in [-0.3, -0.25) is 24.0 Å². The van der Waals surface area contributed by atoms with Crippen LogP contribution >= 0.6 is 0 Å². The Labute approximate surface area is 423 Å². The fourth-order valence-corrected chi connectivity index (χ4v) is 11.1. The maximum atomic E-state index is 14.5. The predicted octanol–water partition coefficient (Wildman–Crippen LogP) is 7.27. The fraction of sp³-hybridized carbons (Fsp3) is 0.815. The maximum Gasteiger partial charge on any atom is 0.434 e. The number of hydrogen-bond donors (Lipinski definition) is 2.